The van der Waals surface area contributed by atoms with Crippen LogP contribution in [0.1, 0.15) is 44.8 Å². The Balaban J connectivity index is 0.983. The van der Waals surface area contributed by atoms with Gasteiger partial charge in [-0.15, -0.1) is 11.8 Å². The zero-order valence-electron chi connectivity index (χ0n) is 42.6. The molecule has 8 rings (SSSR count). The van der Waals surface area contributed by atoms with E-state index in [1.165, 1.54) is 36.0 Å². The van der Waals surface area contributed by atoms with Crippen LogP contribution in [0.5, 0.6) is 0 Å². The molecule has 0 unspecified atom stereocenters. The van der Waals surface area contributed by atoms with Crippen molar-refractivity contribution < 1.29 is 47.6 Å². The Morgan fingerprint density at radius 1 is 0.776 bits per heavy atom. The first-order valence-corrected chi connectivity index (χ1v) is 30.9. The van der Waals surface area contributed by atoms with E-state index in [-0.39, 0.29) is 28.4 Å². The molecule has 5 aromatic carbocycles. The molecule has 0 amide bonds. The summed E-state index contributed by atoms with van der Waals surface area (Å²) in [5.41, 5.74) is -2.06. The van der Waals surface area contributed by atoms with Crippen LogP contribution in [0.4, 0.5) is 40.3 Å². The number of thioether (sulfide) groups is 1. The summed E-state index contributed by atoms with van der Waals surface area (Å²) in [5.74, 6) is -0.166. The Labute approximate surface area is 452 Å². The summed E-state index contributed by atoms with van der Waals surface area (Å²) in [5, 5.41) is 3.56. The van der Waals surface area contributed by atoms with Crippen LogP contribution in [-0.2, 0) is 34.4 Å². The number of benzene rings is 5. The zero-order valence-corrected chi connectivity index (χ0v) is 46.7. The normalized spacial score (nSPS) is 15.8. The molecule has 2 N–H and O–H groups in total. The van der Waals surface area contributed by atoms with Gasteiger partial charge in [-0.3, -0.25) is 4.72 Å². The van der Waals surface area contributed by atoms with Crippen molar-refractivity contribution in [2.24, 2.45) is 0 Å². The lowest BCUT2D eigenvalue weighted by atomic mass is 9.99. The predicted octanol–water partition coefficient (Wildman–Crippen LogP) is 11.4. The van der Waals surface area contributed by atoms with Gasteiger partial charge < -0.3 is 29.3 Å². The second-order valence-electron chi connectivity index (χ2n) is 19.3. The summed E-state index contributed by atoms with van der Waals surface area (Å²) >= 11 is 7.71. The third-order valence-corrected chi connectivity index (χ3v) is 19.3. The number of sulfone groups is 2. The average Bonchev–Trinajstić information content (AvgIpc) is 3.75. The van der Waals surface area contributed by atoms with E-state index in [9.17, 15) is 38.4 Å². The molecule has 3 heterocycles. The molecular weight excluding hydrogens is 1080 g/mol. The van der Waals surface area contributed by atoms with Gasteiger partial charge in [0.05, 0.1) is 27.3 Å². The molecule has 1 atom stereocenters. The van der Waals surface area contributed by atoms with Crippen LogP contribution in [0.3, 0.4) is 0 Å². The van der Waals surface area contributed by atoms with E-state index in [4.69, 9.17) is 16.3 Å². The number of hydrogen-bond donors (Lipinski definition) is 2. The molecule has 13 nitrogen and oxygen atoms in total. The summed E-state index contributed by atoms with van der Waals surface area (Å²) in [4.78, 5) is 5.43. The molecule has 2 fully saturated rings. The van der Waals surface area contributed by atoms with Gasteiger partial charge >= 0.3 is 5.51 Å². The fourth-order valence-electron chi connectivity index (χ4n) is 10.00. The molecule has 2 aliphatic rings. The number of sulfonamides is 1. The standard InChI is InChI=1S/C54H61ClF4N6O7S4/c1-36(2)65-37(3)53(74(5,66)67)51(52(65)38-11-13-40(55)14-12-38)39-31-41(56)33-45(32-39)64-29-27-63(28-30-64)44-17-15-42(16-18-44)61-76(70,71)48-19-20-49(50(34-48)75(68,69)54(57,58)59)60-43(35-73-47-9-7-6-8-10-47)21-24-62-25-22-46(72-4)23-26-62/h6-20,31-34,36,43,46,60-61H,21-30,35H2,1-5H3/t43-/m1/s1. The minimum absolute atomic E-state index is 0.0811. The summed E-state index contributed by atoms with van der Waals surface area (Å²) in [7, 11) is -12.8. The maximum Gasteiger partial charge on any atom is 0.501 e. The summed E-state index contributed by atoms with van der Waals surface area (Å²) in [6.45, 7) is 9.62. The molecule has 2 aliphatic heterocycles. The van der Waals surface area contributed by atoms with Gasteiger partial charge in [0.1, 0.15) is 10.7 Å². The number of likely N-dealkylation sites (tertiary alicyclic amines) is 1. The first-order chi connectivity index (χ1) is 35.9. The quantitative estimate of drug-likeness (QED) is 0.0587. The number of ether oxygens (including phenoxy) is 1. The second kappa shape index (κ2) is 23.4. The lowest BCUT2D eigenvalue weighted by molar-refractivity contribution is -0.0435. The van der Waals surface area contributed by atoms with Crippen LogP contribution in [0, 0.1) is 12.7 Å². The number of rotatable bonds is 19. The average molecular weight is 1150 g/mol. The molecule has 0 bridgehead atoms. The van der Waals surface area contributed by atoms with Crippen molar-refractivity contribution in [2.45, 2.75) is 83.3 Å². The molecule has 76 heavy (non-hydrogen) atoms. The molecule has 0 radical (unpaired) electrons. The van der Waals surface area contributed by atoms with Gasteiger partial charge in [-0.25, -0.2) is 29.6 Å². The van der Waals surface area contributed by atoms with Crippen molar-refractivity contribution in [1.29, 1.82) is 0 Å². The van der Waals surface area contributed by atoms with E-state index in [2.05, 4.69) is 19.8 Å². The lowest BCUT2D eigenvalue weighted by Gasteiger charge is -2.37. The molecule has 22 heteroatoms. The number of piperidine rings is 1. The summed E-state index contributed by atoms with van der Waals surface area (Å²) in [6, 6.07) is 29.4. The third-order valence-electron chi connectivity index (χ3n) is 13.8. The Kier molecular flexibility index (Phi) is 17.5. The van der Waals surface area contributed by atoms with Gasteiger partial charge in [0.2, 0.25) is 0 Å². The number of alkyl halides is 3. The van der Waals surface area contributed by atoms with Crippen molar-refractivity contribution in [2.75, 3.05) is 84.8 Å². The van der Waals surface area contributed by atoms with Gasteiger partial charge in [-0.05, 0) is 136 Å². The van der Waals surface area contributed by atoms with Gasteiger partial charge in [-0.1, -0.05) is 41.9 Å². The largest absolute Gasteiger partial charge is 0.501 e. The van der Waals surface area contributed by atoms with Crippen LogP contribution in [0.15, 0.2) is 135 Å². The van der Waals surface area contributed by atoms with Crippen molar-refractivity contribution in [3.8, 4) is 22.4 Å². The van der Waals surface area contributed by atoms with Gasteiger partial charge in [0, 0.05) is 115 Å². The van der Waals surface area contributed by atoms with Crippen LogP contribution in [0.2, 0.25) is 5.02 Å². The van der Waals surface area contributed by atoms with Crippen LogP contribution < -0.4 is 19.8 Å². The van der Waals surface area contributed by atoms with E-state index in [1.54, 1.807) is 44.4 Å². The van der Waals surface area contributed by atoms with E-state index >= 15 is 4.39 Å². The number of methoxy groups -OCH3 is 1. The van der Waals surface area contributed by atoms with Crippen molar-refractivity contribution in [1.82, 2.24) is 9.47 Å². The summed E-state index contributed by atoms with van der Waals surface area (Å²) < 4.78 is 150. The molecular formula is C54H61ClF4N6O7S4. The highest BCUT2D eigenvalue weighted by Gasteiger charge is 2.48. The van der Waals surface area contributed by atoms with E-state index < -0.39 is 56.9 Å². The molecule has 408 valence electrons. The van der Waals surface area contributed by atoms with Gasteiger partial charge in [0.25, 0.3) is 19.9 Å². The first kappa shape index (κ1) is 56.9. The number of aromatic nitrogens is 1. The monoisotopic (exact) mass is 1140 g/mol. The van der Waals surface area contributed by atoms with E-state index in [1.807, 2.05) is 65.8 Å². The molecule has 0 aliphatic carbocycles. The van der Waals surface area contributed by atoms with Crippen molar-refractivity contribution in [3.05, 3.63) is 132 Å². The van der Waals surface area contributed by atoms with Crippen LogP contribution in [-0.4, -0.2) is 117 Å². The minimum atomic E-state index is -6.04. The highest BCUT2D eigenvalue weighted by molar-refractivity contribution is 7.99. The Morgan fingerprint density at radius 3 is 2.00 bits per heavy atom. The zero-order chi connectivity index (χ0) is 54.7. The fourth-order valence-corrected chi connectivity index (χ4v) is 14.4. The van der Waals surface area contributed by atoms with Crippen LogP contribution >= 0.6 is 23.4 Å². The van der Waals surface area contributed by atoms with Crippen LogP contribution in [0.25, 0.3) is 22.4 Å². The third kappa shape index (κ3) is 13.0. The van der Waals surface area contributed by atoms with Gasteiger partial charge in [0.15, 0.2) is 9.84 Å². The minimum Gasteiger partial charge on any atom is -0.381 e. The number of nitrogens with one attached hydrogen (secondary N) is 2. The number of hydrogen-bond acceptors (Lipinski definition) is 12. The van der Waals surface area contributed by atoms with Crippen molar-refractivity contribution in [3.63, 3.8) is 0 Å². The highest BCUT2D eigenvalue weighted by atomic mass is 35.5. The predicted molar refractivity (Wildman–Crippen MR) is 296 cm³/mol. The number of nitrogens with zero attached hydrogens (tertiary/aromatic N) is 4. The number of halogens is 5. The Bertz CT molecular complexity index is 3350. The first-order valence-electron chi connectivity index (χ1n) is 24.7. The molecule has 6 aromatic rings. The smallest absolute Gasteiger partial charge is 0.381 e. The SMILES string of the molecule is COC1CCN(CC[C@H](CSc2ccccc2)Nc2ccc(S(=O)(=O)Nc3ccc(N4CCN(c5cc(F)cc(-c6c(S(C)(=O)=O)c(C)n(C(C)C)c6-c6ccc(Cl)cc6)c5)CC4)cc3)cc2S(=O)(=O)C(F)(F)F)CC1. The van der Waals surface area contributed by atoms with E-state index in [0.717, 1.165) is 60.5 Å². The Hall–Kier alpha value is -5.29. The number of piperazine rings is 1. The topological polar surface area (TPSA) is 150 Å². The molecule has 2 saturated heterocycles. The summed E-state index contributed by atoms with van der Waals surface area (Å²) in [6.07, 6.45) is 3.42. The second-order valence-corrected chi connectivity index (χ2v) is 26.4. The Morgan fingerprint density at radius 2 is 1.41 bits per heavy atom. The molecule has 0 spiro atoms. The lowest BCUT2D eigenvalue weighted by Crippen LogP contribution is -2.46. The van der Waals surface area contributed by atoms with Crippen molar-refractivity contribution >= 4 is 75.8 Å². The number of anilines is 4. The highest BCUT2D eigenvalue weighted by Crippen LogP contribution is 2.45. The molecule has 0 saturated carbocycles. The fraction of sp³-hybridized carbons (Fsp3) is 0.370. The molecule has 1 aromatic heterocycles. The maximum absolute atomic E-state index is 15.8. The van der Waals surface area contributed by atoms with E-state index in [0.29, 0.717) is 84.2 Å². The van der Waals surface area contributed by atoms with Gasteiger partial charge in [-0.2, -0.15) is 13.2 Å². The maximum atomic E-state index is 15.8.